The third-order valence-corrected chi connectivity index (χ3v) is 3.56. The van der Waals surface area contributed by atoms with Crippen molar-refractivity contribution in [1.29, 1.82) is 5.26 Å². The van der Waals surface area contributed by atoms with Crippen LogP contribution >= 0.6 is 0 Å². The smallest absolute Gasteiger partial charge is 0.404 e. The first-order valence-corrected chi connectivity index (χ1v) is 7.08. The van der Waals surface area contributed by atoms with Gasteiger partial charge in [0.05, 0.1) is 11.6 Å². The molecule has 0 bridgehead atoms. The van der Waals surface area contributed by atoms with Gasteiger partial charge in [-0.1, -0.05) is 0 Å². The number of carbonyl (C=O) groups is 2. The highest BCUT2D eigenvalue weighted by Crippen LogP contribution is 2.37. The summed E-state index contributed by atoms with van der Waals surface area (Å²) >= 11 is 0. The Morgan fingerprint density at radius 3 is 2.83 bits per heavy atom. The highest BCUT2D eigenvalue weighted by atomic mass is 19.3. The van der Waals surface area contributed by atoms with Gasteiger partial charge in [0.25, 0.3) is 5.92 Å². The molecule has 128 valence electrons. The van der Waals surface area contributed by atoms with Crippen LogP contribution in [0.3, 0.4) is 0 Å². The van der Waals surface area contributed by atoms with Crippen LogP contribution in [0, 0.1) is 17.2 Å². The quantitative estimate of drug-likeness (QED) is 0.615. The van der Waals surface area contributed by atoms with E-state index in [4.69, 9.17) is 10.4 Å². The normalized spacial score (nSPS) is 22.0. The zero-order chi connectivity index (χ0) is 17.7. The number of amides is 2. The summed E-state index contributed by atoms with van der Waals surface area (Å²) in [4.78, 5) is 26.6. The molecule has 1 heterocycles. The van der Waals surface area contributed by atoms with Crippen LogP contribution in [-0.4, -0.2) is 34.1 Å². The highest BCUT2D eigenvalue weighted by Gasteiger charge is 2.44. The molecule has 4 N–H and O–H groups in total. The van der Waals surface area contributed by atoms with Gasteiger partial charge in [0.15, 0.2) is 0 Å². The summed E-state index contributed by atoms with van der Waals surface area (Å²) < 4.78 is 27.4. The highest BCUT2D eigenvalue weighted by molar-refractivity contribution is 5.80. The van der Waals surface area contributed by atoms with E-state index in [1.807, 2.05) is 11.4 Å². The Labute approximate surface area is 135 Å². The average molecular weight is 339 g/mol. The molecule has 1 fully saturated rings. The predicted octanol–water partition coefficient (Wildman–Crippen LogP) is 1.47. The van der Waals surface area contributed by atoms with Gasteiger partial charge in [0, 0.05) is 31.0 Å². The Kier molecular flexibility index (Phi) is 5.13. The number of alkyl halides is 2. The van der Waals surface area contributed by atoms with Gasteiger partial charge in [-0.05, 0) is 18.6 Å². The van der Waals surface area contributed by atoms with Gasteiger partial charge in [0.2, 0.25) is 5.91 Å². The Morgan fingerprint density at radius 2 is 2.17 bits per heavy atom. The van der Waals surface area contributed by atoms with Gasteiger partial charge < -0.3 is 10.4 Å². The summed E-state index contributed by atoms with van der Waals surface area (Å²) in [5.74, 6) is -4.70. The van der Waals surface area contributed by atoms with Crippen LogP contribution in [0.2, 0.25) is 0 Å². The molecular formula is C14H15F2N5O3. The number of hydrogen-bond donors (Lipinski definition) is 4. The first-order chi connectivity index (χ1) is 11.3. The predicted molar refractivity (Wildman–Crippen MR) is 78.0 cm³/mol. The van der Waals surface area contributed by atoms with Crippen LogP contribution in [0.4, 0.5) is 19.4 Å². The number of hydrazine groups is 1. The molecule has 1 saturated carbocycles. The molecule has 1 aromatic heterocycles. The second-order valence-corrected chi connectivity index (χ2v) is 5.50. The summed E-state index contributed by atoms with van der Waals surface area (Å²) in [6.07, 6.45) is -1.38. The number of nitrogens with zero attached hydrogens (tertiary/aromatic N) is 2. The van der Waals surface area contributed by atoms with Crippen molar-refractivity contribution in [3.63, 3.8) is 0 Å². The fraction of sp³-hybridized carbons (Fsp3) is 0.429. The van der Waals surface area contributed by atoms with E-state index < -0.39 is 42.7 Å². The van der Waals surface area contributed by atoms with Gasteiger partial charge in [0.1, 0.15) is 5.82 Å². The largest absolute Gasteiger partial charge is 0.465 e. The first-order valence-electron chi connectivity index (χ1n) is 7.08. The zero-order valence-corrected chi connectivity index (χ0v) is 12.4. The lowest BCUT2D eigenvalue weighted by Crippen LogP contribution is -2.48. The maximum Gasteiger partial charge on any atom is 0.404 e. The maximum atomic E-state index is 13.7. The SMILES string of the molecule is N#Cc1ccnc(NNC(=O)C2CC(NC(=O)O)CC(F)(F)C2)c1. The van der Waals surface area contributed by atoms with Crippen molar-refractivity contribution in [3.05, 3.63) is 23.9 Å². The Morgan fingerprint density at radius 1 is 1.42 bits per heavy atom. The lowest BCUT2D eigenvalue weighted by Gasteiger charge is -2.33. The minimum absolute atomic E-state index is 0.0267. The second-order valence-electron chi connectivity index (χ2n) is 5.50. The molecular weight excluding hydrogens is 324 g/mol. The van der Waals surface area contributed by atoms with Crippen molar-refractivity contribution in [3.8, 4) is 6.07 Å². The molecule has 1 aliphatic carbocycles. The van der Waals surface area contributed by atoms with Crippen molar-refractivity contribution in [1.82, 2.24) is 15.7 Å². The number of pyridine rings is 1. The van der Waals surface area contributed by atoms with Gasteiger partial charge >= 0.3 is 6.09 Å². The summed E-state index contributed by atoms with van der Waals surface area (Å²) in [6, 6.07) is 3.75. The van der Waals surface area contributed by atoms with E-state index in [2.05, 4.69) is 15.8 Å². The fourth-order valence-corrected chi connectivity index (χ4v) is 2.59. The Bertz CT molecular complexity index is 677. The molecule has 10 heteroatoms. The third kappa shape index (κ3) is 4.77. The van der Waals surface area contributed by atoms with Gasteiger partial charge in [-0.15, -0.1) is 0 Å². The lowest BCUT2D eigenvalue weighted by atomic mass is 9.82. The summed E-state index contributed by atoms with van der Waals surface area (Å²) in [7, 11) is 0. The van der Waals surface area contributed by atoms with Crippen molar-refractivity contribution in [2.75, 3.05) is 5.43 Å². The third-order valence-electron chi connectivity index (χ3n) is 3.56. The van der Waals surface area contributed by atoms with Gasteiger partial charge in [-0.25, -0.2) is 18.6 Å². The monoisotopic (exact) mass is 339 g/mol. The van der Waals surface area contributed by atoms with E-state index in [1.165, 1.54) is 18.3 Å². The van der Waals surface area contributed by atoms with Crippen LogP contribution < -0.4 is 16.2 Å². The standard InChI is InChI=1S/C14H15F2N5O3/c15-14(16)5-9(4-10(6-14)19-13(23)24)12(22)21-20-11-3-8(7-17)1-2-18-11/h1-3,9-10,19H,4-6H2,(H,18,20)(H,21,22)(H,23,24). The second kappa shape index (κ2) is 7.08. The first kappa shape index (κ1) is 17.4. The van der Waals surface area contributed by atoms with E-state index >= 15 is 0 Å². The fourth-order valence-electron chi connectivity index (χ4n) is 2.59. The van der Waals surface area contributed by atoms with Crippen LogP contribution in [0.5, 0.6) is 0 Å². The summed E-state index contributed by atoms with van der Waals surface area (Å²) in [5, 5.41) is 19.4. The number of rotatable bonds is 4. The van der Waals surface area contributed by atoms with Gasteiger partial charge in [-0.3, -0.25) is 15.6 Å². The number of carboxylic acid groups (broad SMARTS) is 1. The molecule has 0 spiro atoms. The van der Waals surface area contributed by atoms with Crippen molar-refractivity contribution >= 4 is 17.8 Å². The molecule has 24 heavy (non-hydrogen) atoms. The number of aromatic nitrogens is 1. The molecule has 0 aromatic carbocycles. The van der Waals surface area contributed by atoms with Crippen molar-refractivity contribution in [2.24, 2.45) is 5.92 Å². The Hall–Kier alpha value is -2.96. The van der Waals surface area contributed by atoms with Crippen LogP contribution in [0.25, 0.3) is 0 Å². The molecule has 2 atom stereocenters. The van der Waals surface area contributed by atoms with E-state index in [0.717, 1.165) is 0 Å². The van der Waals surface area contributed by atoms with E-state index in [1.54, 1.807) is 0 Å². The zero-order valence-electron chi connectivity index (χ0n) is 12.4. The molecule has 1 aliphatic rings. The molecule has 2 rings (SSSR count). The summed E-state index contributed by atoms with van der Waals surface area (Å²) in [5.41, 5.74) is 5.03. The molecule has 0 saturated heterocycles. The molecule has 8 nitrogen and oxygen atoms in total. The number of nitrogens with one attached hydrogen (secondary N) is 3. The molecule has 2 unspecified atom stereocenters. The van der Waals surface area contributed by atoms with Crippen LogP contribution in [0.1, 0.15) is 24.8 Å². The Balaban J connectivity index is 1.97. The summed E-state index contributed by atoms with van der Waals surface area (Å²) in [6.45, 7) is 0. The minimum atomic E-state index is -3.13. The van der Waals surface area contributed by atoms with Crippen molar-refractivity contribution < 1.29 is 23.5 Å². The van der Waals surface area contributed by atoms with Crippen LogP contribution in [0.15, 0.2) is 18.3 Å². The van der Waals surface area contributed by atoms with E-state index in [-0.39, 0.29) is 12.2 Å². The molecule has 2 amide bonds. The topological polar surface area (TPSA) is 127 Å². The van der Waals surface area contributed by atoms with Crippen LogP contribution in [-0.2, 0) is 4.79 Å². The van der Waals surface area contributed by atoms with Gasteiger partial charge in [-0.2, -0.15) is 5.26 Å². The lowest BCUT2D eigenvalue weighted by molar-refractivity contribution is -0.133. The maximum absolute atomic E-state index is 13.7. The number of nitriles is 1. The molecule has 0 radical (unpaired) electrons. The average Bonchev–Trinajstić information content (AvgIpc) is 2.50. The number of halogens is 2. The minimum Gasteiger partial charge on any atom is -0.465 e. The number of carbonyl (C=O) groups excluding carboxylic acids is 1. The number of hydrogen-bond acceptors (Lipinski definition) is 5. The van der Waals surface area contributed by atoms with E-state index in [9.17, 15) is 18.4 Å². The molecule has 0 aliphatic heterocycles. The van der Waals surface area contributed by atoms with Crippen molar-refractivity contribution in [2.45, 2.75) is 31.2 Å². The molecule has 1 aromatic rings. The number of anilines is 1. The van der Waals surface area contributed by atoms with E-state index in [0.29, 0.717) is 5.56 Å².